The predicted octanol–water partition coefficient (Wildman–Crippen LogP) is 5.34. The highest BCUT2D eigenvalue weighted by Crippen LogP contribution is 2.37. The van der Waals surface area contributed by atoms with Crippen LogP contribution in [0.25, 0.3) is 33.4 Å². The number of halogens is 2. The molecule has 3 aromatic heterocycles. The molecule has 5 aromatic rings. The Kier molecular flexibility index (Phi) is 6.30. The Morgan fingerprint density at radius 2 is 1.91 bits per heavy atom. The van der Waals surface area contributed by atoms with Gasteiger partial charge in [0.25, 0.3) is 0 Å². The van der Waals surface area contributed by atoms with Gasteiger partial charge in [-0.2, -0.15) is 5.10 Å². The first kappa shape index (κ1) is 22.4. The second kappa shape index (κ2) is 9.84. The molecule has 0 fully saturated rings. The van der Waals surface area contributed by atoms with Gasteiger partial charge in [-0.1, -0.05) is 12.1 Å². The Morgan fingerprint density at radius 3 is 2.69 bits per heavy atom. The second-order valence-electron chi connectivity index (χ2n) is 7.83. The molecule has 35 heavy (non-hydrogen) atoms. The zero-order chi connectivity index (χ0) is 24.2. The van der Waals surface area contributed by atoms with Crippen LogP contribution < -0.4 is 10.1 Å². The first-order valence-electron chi connectivity index (χ1n) is 11.1. The van der Waals surface area contributed by atoms with Gasteiger partial charge in [0.2, 0.25) is 0 Å². The van der Waals surface area contributed by atoms with Crippen LogP contribution >= 0.6 is 0 Å². The number of hydrogen-bond acceptors (Lipinski definition) is 6. The van der Waals surface area contributed by atoms with Crippen molar-refractivity contribution in [3.8, 4) is 28.3 Å². The van der Waals surface area contributed by atoms with E-state index in [-0.39, 0.29) is 5.56 Å². The third-order valence-corrected chi connectivity index (χ3v) is 5.53. The van der Waals surface area contributed by atoms with E-state index in [0.29, 0.717) is 53.4 Å². The monoisotopic (exact) mass is 472 g/mol. The number of aryl methyl sites for hydroxylation is 1. The van der Waals surface area contributed by atoms with Crippen molar-refractivity contribution in [2.45, 2.75) is 13.0 Å². The zero-order valence-electron chi connectivity index (χ0n) is 18.9. The standard InChI is InChI=1S/C26H22F2N6O/c1-29-26-20-14-18(19-7-2-8-21(27)23(19)28)15-22(35-13-5-12-34-11-4-10-31-34)24(20)32-25(33-26)17-6-3-9-30-16-17/h2-4,6-11,14-16H,5,12-13H2,1H3,(H,29,32,33). The summed E-state index contributed by atoms with van der Waals surface area (Å²) in [4.78, 5) is 13.6. The Balaban J connectivity index is 1.61. The molecule has 0 bridgehead atoms. The molecule has 0 unspecified atom stereocenters. The summed E-state index contributed by atoms with van der Waals surface area (Å²) >= 11 is 0. The molecule has 176 valence electrons. The van der Waals surface area contributed by atoms with Gasteiger partial charge in [-0.25, -0.2) is 18.7 Å². The first-order chi connectivity index (χ1) is 17.1. The lowest BCUT2D eigenvalue weighted by Gasteiger charge is -2.15. The fourth-order valence-electron chi connectivity index (χ4n) is 3.85. The lowest BCUT2D eigenvalue weighted by molar-refractivity contribution is 0.301. The van der Waals surface area contributed by atoms with E-state index in [2.05, 4.69) is 20.4 Å². The van der Waals surface area contributed by atoms with Gasteiger partial charge in [0.15, 0.2) is 17.5 Å². The number of nitrogens with zero attached hydrogens (tertiary/aromatic N) is 5. The van der Waals surface area contributed by atoms with Gasteiger partial charge in [0.1, 0.15) is 17.1 Å². The van der Waals surface area contributed by atoms with Crippen molar-refractivity contribution < 1.29 is 13.5 Å². The second-order valence-corrected chi connectivity index (χ2v) is 7.83. The van der Waals surface area contributed by atoms with Gasteiger partial charge in [0, 0.05) is 61.3 Å². The molecule has 0 saturated carbocycles. The topological polar surface area (TPSA) is 77.8 Å². The van der Waals surface area contributed by atoms with E-state index in [0.717, 1.165) is 11.6 Å². The van der Waals surface area contributed by atoms with Gasteiger partial charge >= 0.3 is 0 Å². The quantitative estimate of drug-likeness (QED) is 0.307. The van der Waals surface area contributed by atoms with Gasteiger partial charge in [-0.05, 0) is 42.0 Å². The van der Waals surface area contributed by atoms with Crippen molar-refractivity contribution in [3.05, 3.63) is 85.0 Å². The van der Waals surface area contributed by atoms with E-state index in [9.17, 15) is 8.78 Å². The van der Waals surface area contributed by atoms with Crippen molar-refractivity contribution in [2.24, 2.45) is 0 Å². The fraction of sp³-hybridized carbons (Fsp3) is 0.154. The van der Waals surface area contributed by atoms with E-state index in [4.69, 9.17) is 9.72 Å². The molecular formula is C26H22F2N6O. The number of nitrogens with one attached hydrogen (secondary N) is 1. The molecule has 0 aliphatic rings. The smallest absolute Gasteiger partial charge is 0.166 e. The lowest BCUT2D eigenvalue weighted by atomic mass is 10.0. The number of rotatable bonds is 8. The van der Waals surface area contributed by atoms with E-state index in [1.807, 2.05) is 29.1 Å². The van der Waals surface area contributed by atoms with Gasteiger partial charge < -0.3 is 10.1 Å². The molecule has 0 radical (unpaired) electrons. The summed E-state index contributed by atoms with van der Waals surface area (Å²) in [5, 5.41) is 7.92. The molecule has 5 rings (SSSR count). The Labute approximate surface area is 200 Å². The minimum atomic E-state index is -0.921. The number of ether oxygens (including phenoxy) is 1. The van der Waals surface area contributed by atoms with Gasteiger partial charge in [-0.15, -0.1) is 0 Å². The zero-order valence-corrected chi connectivity index (χ0v) is 18.9. The Hall–Kier alpha value is -4.40. The lowest BCUT2D eigenvalue weighted by Crippen LogP contribution is -2.06. The van der Waals surface area contributed by atoms with Crippen molar-refractivity contribution in [1.29, 1.82) is 0 Å². The minimum absolute atomic E-state index is 0.131. The van der Waals surface area contributed by atoms with Crippen molar-refractivity contribution in [3.63, 3.8) is 0 Å². The maximum Gasteiger partial charge on any atom is 0.166 e. The van der Waals surface area contributed by atoms with Crippen molar-refractivity contribution in [1.82, 2.24) is 24.7 Å². The number of hydrogen-bond donors (Lipinski definition) is 1. The highest BCUT2D eigenvalue weighted by molar-refractivity contribution is 5.97. The summed E-state index contributed by atoms with van der Waals surface area (Å²) in [6, 6.07) is 13.1. The molecule has 7 nitrogen and oxygen atoms in total. The third kappa shape index (κ3) is 4.65. The largest absolute Gasteiger partial charge is 0.491 e. The summed E-state index contributed by atoms with van der Waals surface area (Å²) in [5.74, 6) is -0.378. The van der Waals surface area contributed by atoms with Crippen LogP contribution in [0.4, 0.5) is 14.6 Å². The maximum absolute atomic E-state index is 14.7. The van der Waals surface area contributed by atoms with Crippen molar-refractivity contribution in [2.75, 3.05) is 19.0 Å². The fourth-order valence-corrected chi connectivity index (χ4v) is 3.85. The number of anilines is 1. The maximum atomic E-state index is 14.7. The third-order valence-electron chi connectivity index (χ3n) is 5.53. The molecule has 0 atom stereocenters. The van der Waals surface area contributed by atoms with E-state index < -0.39 is 11.6 Å². The summed E-state index contributed by atoms with van der Waals surface area (Å²) in [6.45, 7) is 1.06. The molecule has 0 amide bonds. The van der Waals surface area contributed by atoms with E-state index in [1.54, 1.807) is 37.8 Å². The van der Waals surface area contributed by atoms with Gasteiger partial charge in [-0.3, -0.25) is 9.67 Å². The molecular weight excluding hydrogens is 450 g/mol. The first-order valence-corrected chi connectivity index (χ1v) is 11.1. The van der Waals surface area contributed by atoms with Crippen LogP contribution in [0.15, 0.2) is 73.3 Å². The van der Waals surface area contributed by atoms with Crippen LogP contribution in [0.5, 0.6) is 5.75 Å². The SMILES string of the molecule is CNc1nc(-c2cccnc2)nc2c(OCCCn3cccn3)cc(-c3cccc(F)c3F)cc12. The number of fused-ring (bicyclic) bond motifs is 1. The molecule has 9 heteroatoms. The van der Waals surface area contributed by atoms with E-state index >= 15 is 0 Å². The molecule has 1 N–H and O–H groups in total. The molecule has 3 heterocycles. The van der Waals surface area contributed by atoms with Crippen LogP contribution in [0.2, 0.25) is 0 Å². The average Bonchev–Trinajstić information content (AvgIpc) is 3.41. The summed E-state index contributed by atoms with van der Waals surface area (Å²) in [6.07, 6.45) is 7.66. The number of pyridine rings is 1. The molecule has 0 aliphatic carbocycles. The molecule has 0 saturated heterocycles. The highest BCUT2D eigenvalue weighted by atomic mass is 19.2. The molecule has 0 aliphatic heterocycles. The van der Waals surface area contributed by atoms with Crippen LogP contribution in [0, 0.1) is 11.6 Å². The normalized spacial score (nSPS) is 11.1. The van der Waals surface area contributed by atoms with Crippen LogP contribution in [-0.2, 0) is 6.54 Å². The van der Waals surface area contributed by atoms with E-state index in [1.165, 1.54) is 12.1 Å². The Bertz CT molecular complexity index is 1460. The minimum Gasteiger partial charge on any atom is -0.491 e. The summed E-state index contributed by atoms with van der Waals surface area (Å²) < 4.78 is 36.6. The molecule has 0 spiro atoms. The predicted molar refractivity (Wildman–Crippen MR) is 130 cm³/mol. The van der Waals surface area contributed by atoms with Gasteiger partial charge in [0.05, 0.1) is 6.61 Å². The Morgan fingerprint density at radius 1 is 1.00 bits per heavy atom. The summed E-state index contributed by atoms with van der Waals surface area (Å²) in [5.41, 5.74) is 1.90. The summed E-state index contributed by atoms with van der Waals surface area (Å²) in [7, 11) is 1.74. The number of benzene rings is 2. The highest BCUT2D eigenvalue weighted by Gasteiger charge is 2.18. The van der Waals surface area contributed by atoms with Crippen molar-refractivity contribution >= 4 is 16.7 Å². The van der Waals surface area contributed by atoms with Crippen LogP contribution in [-0.4, -0.2) is 38.4 Å². The average molecular weight is 472 g/mol. The molecule has 2 aromatic carbocycles. The van der Waals surface area contributed by atoms with Crippen LogP contribution in [0.3, 0.4) is 0 Å². The number of aromatic nitrogens is 5. The van der Waals surface area contributed by atoms with Crippen LogP contribution in [0.1, 0.15) is 6.42 Å².